The molecule has 3 heteroatoms. The average molecular weight is 176 g/mol. The predicted molar refractivity (Wildman–Crippen MR) is 50.1 cm³/mol. The molecule has 1 N–H and O–H groups in total. The van der Waals surface area contributed by atoms with E-state index in [-0.39, 0.29) is 26.6 Å². The van der Waals surface area contributed by atoms with Gasteiger partial charge >= 0.3 is 5.97 Å². The molecule has 0 heterocycles. The van der Waals surface area contributed by atoms with E-state index in [0.717, 1.165) is 0 Å². The molecule has 0 saturated carbocycles. The van der Waals surface area contributed by atoms with Crippen LogP contribution in [-0.2, 0) is 9.59 Å². The van der Waals surface area contributed by atoms with Gasteiger partial charge in [0.1, 0.15) is 5.78 Å². The SMILES string of the molecule is C.C.CC(=O)C(C)C(C)C(=O)O. The van der Waals surface area contributed by atoms with E-state index in [1.165, 1.54) is 13.8 Å². The number of rotatable bonds is 3. The van der Waals surface area contributed by atoms with Crippen molar-refractivity contribution < 1.29 is 14.7 Å². The van der Waals surface area contributed by atoms with Crippen LogP contribution in [0.4, 0.5) is 0 Å². The van der Waals surface area contributed by atoms with Crippen molar-refractivity contribution in [1.29, 1.82) is 0 Å². The minimum absolute atomic E-state index is 0. The van der Waals surface area contributed by atoms with Gasteiger partial charge in [-0.15, -0.1) is 0 Å². The van der Waals surface area contributed by atoms with Crippen molar-refractivity contribution in [3.05, 3.63) is 0 Å². The predicted octanol–water partition coefficient (Wildman–Crippen LogP) is 2.20. The second-order valence-electron chi connectivity index (χ2n) is 2.53. The van der Waals surface area contributed by atoms with Gasteiger partial charge in [-0.25, -0.2) is 0 Å². The average Bonchev–Trinajstić information content (AvgIpc) is 1.84. The van der Waals surface area contributed by atoms with E-state index >= 15 is 0 Å². The van der Waals surface area contributed by atoms with Gasteiger partial charge in [0.05, 0.1) is 5.92 Å². The van der Waals surface area contributed by atoms with Crippen LogP contribution in [0.5, 0.6) is 0 Å². The van der Waals surface area contributed by atoms with Crippen LogP contribution in [0.1, 0.15) is 35.6 Å². The van der Waals surface area contributed by atoms with Gasteiger partial charge in [-0.3, -0.25) is 9.59 Å². The standard InChI is InChI=1S/C7H12O3.2CH4/c1-4(6(3)8)5(2)7(9)10;;/h4-5H,1-3H3,(H,9,10);2*1H4. The highest BCUT2D eigenvalue weighted by atomic mass is 16.4. The molecule has 2 unspecified atom stereocenters. The summed E-state index contributed by atoms with van der Waals surface area (Å²) in [6, 6.07) is 0. The van der Waals surface area contributed by atoms with Gasteiger partial charge in [-0.2, -0.15) is 0 Å². The summed E-state index contributed by atoms with van der Waals surface area (Å²) in [5, 5.41) is 8.45. The van der Waals surface area contributed by atoms with Crippen molar-refractivity contribution in [2.75, 3.05) is 0 Å². The molecule has 0 aromatic carbocycles. The minimum atomic E-state index is -0.914. The molecule has 0 aromatic heterocycles. The summed E-state index contributed by atoms with van der Waals surface area (Å²) in [6.07, 6.45) is 0. The lowest BCUT2D eigenvalue weighted by molar-refractivity contribution is -0.145. The van der Waals surface area contributed by atoms with Crippen LogP contribution < -0.4 is 0 Å². The molecule has 0 aliphatic rings. The molecule has 12 heavy (non-hydrogen) atoms. The molecule has 3 nitrogen and oxygen atoms in total. The summed E-state index contributed by atoms with van der Waals surface area (Å²) < 4.78 is 0. The first-order valence-corrected chi connectivity index (χ1v) is 3.20. The maximum Gasteiger partial charge on any atom is 0.306 e. The minimum Gasteiger partial charge on any atom is -0.481 e. The molecule has 0 radical (unpaired) electrons. The fourth-order valence-corrected chi connectivity index (χ4v) is 0.566. The van der Waals surface area contributed by atoms with Crippen molar-refractivity contribution >= 4 is 11.8 Å². The van der Waals surface area contributed by atoms with Crippen molar-refractivity contribution in [3.63, 3.8) is 0 Å². The molecular weight excluding hydrogens is 156 g/mol. The molecule has 2 atom stereocenters. The number of carbonyl (C=O) groups is 2. The van der Waals surface area contributed by atoms with Gasteiger partial charge < -0.3 is 5.11 Å². The van der Waals surface area contributed by atoms with Crippen molar-refractivity contribution in [2.24, 2.45) is 11.8 Å². The number of carbonyl (C=O) groups excluding carboxylic acids is 1. The number of hydrogen-bond acceptors (Lipinski definition) is 2. The smallest absolute Gasteiger partial charge is 0.306 e. The zero-order valence-corrected chi connectivity index (χ0v) is 6.42. The molecule has 0 bridgehead atoms. The second kappa shape index (κ2) is 6.83. The lowest BCUT2D eigenvalue weighted by Gasteiger charge is -2.10. The summed E-state index contributed by atoms with van der Waals surface area (Å²) in [4.78, 5) is 20.9. The Labute approximate surface area is 74.8 Å². The third-order valence-corrected chi connectivity index (χ3v) is 1.78. The van der Waals surface area contributed by atoms with E-state index in [1.807, 2.05) is 0 Å². The summed E-state index contributed by atoms with van der Waals surface area (Å²) >= 11 is 0. The Hall–Kier alpha value is -0.860. The largest absolute Gasteiger partial charge is 0.481 e. The Kier molecular flexibility index (Phi) is 9.83. The molecule has 0 spiro atoms. The maximum absolute atomic E-state index is 10.6. The molecule has 0 rings (SSSR count). The third kappa shape index (κ3) is 4.88. The number of aliphatic carboxylic acids is 1. The van der Waals surface area contributed by atoms with Crippen LogP contribution >= 0.6 is 0 Å². The molecule has 0 aliphatic heterocycles. The van der Waals surface area contributed by atoms with Crippen LogP contribution in [-0.4, -0.2) is 16.9 Å². The van der Waals surface area contributed by atoms with E-state index in [4.69, 9.17) is 5.11 Å². The number of carboxylic acids is 1. The van der Waals surface area contributed by atoms with Crippen LogP contribution in [0.3, 0.4) is 0 Å². The monoisotopic (exact) mass is 176 g/mol. The van der Waals surface area contributed by atoms with E-state index in [9.17, 15) is 9.59 Å². The molecule has 0 saturated heterocycles. The van der Waals surface area contributed by atoms with Gasteiger partial charge in [0.15, 0.2) is 0 Å². The zero-order chi connectivity index (χ0) is 8.31. The second-order valence-corrected chi connectivity index (χ2v) is 2.53. The quantitative estimate of drug-likeness (QED) is 0.717. The van der Waals surface area contributed by atoms with Crippen molar-refractivity contribution in [3.8, 4) is 0 Å². The van der Waals surface area contributed by atoms with E-state index in [2.05, 4.69) is 0 Å². The summed E-state index contributed by atoms with van der Waals surface area (Å²) in [5.41, 5.74) is 0. The van der Waals surface area contributed by atoms with E-state index in [1.54, 1.807) is 6.92 Å². The molecule has 74 valence electrons. The normalized spacial score (nSPS) is 13.2. The lowest BCUT2D eigenvalue weighted by atomic mass is 9.93. The Balaban J connectivity index is -0.000000405. The van der Waals surface area contributed by atoms with Crippen molar-refractivity contribution in [2.45, 2.75) is 35.6 Å². The topological polar surface area (TPSA) is 54.4 Å². The third-order valence-electron chi connectivity index (χ3n) is 1.78. The highest BCUT2D eigenvalue weighted by Gasteiger charge is 2.22. The van der Waals surface area contributed by atoms with E-state index in [0.29, 0.717) is 0 Å². The Bertz CT molecular complexity index is 134. The summed E-state index contributed by atoms with van der Waals surface area (Å²) in [6.45, 7) is 4.57. The van der Waals surface area contributed by atoms with Gasteiger partial charge in [-0.05, 0) is 6.92 Å². The van der Waals surface area contributed by atoms with Crippen LogP contribution in [0.15, 0.2) is 0 Å². The summed E-state index contributed by atoms with van der Waals surface area (Å²) in [7, 11) is 0. The van der Waals surface area contributed by atoms with Crippen molar-refractivity contribution in [1.82, 2.24) is 0 Å². The number of ketones is 1. The lowest BCUT2D eigenvalue weighted by Crippen LogP contribution is -2.23. The molecule has 0 aromatic rings. The van der Waals surface area contributed by atoms with E-state index < -0.39 is 11.9 Å². The van der Waals surface area contributed by atoms with Gasteiger partial charge in [0.2, 0.25) is 0 Å². The zero-order valence-electron chi connectivity index (χ0n) is 6.42. The first-order chi connectivity index (χ1) is 4.46. The fourth-order valence-electron chi connectivity index (χ4n) is 0.566. The first kappa shape index (κ1) is 17.3. The molecule has 0 fully saturated rings. The highest BCUT2D eigenvalue weighted by molar-refractivity contribution is 5.83. The van der Waals surface area contributed by atoms with Crippen LogP contribution in [0.2, 0.25) is 0 Å². The number of Topliss-reactive ketones (excluding diaryl/α,β-unsaturated/α-hetero) is 1. The fraction of sp³-hybridized carbons (Fsp3) is 0.778. The summed E-state index contributed by atoms with van der Waals surface area (Å²) in [5.74, 6) is -1.94. The molecular formula is C9H20O3. The number of carboxylic acid groups (broad SMARTS) is 1. The van der Waals surface area contributed by atoms with Crippen LogP contribution in [0, 0.1) is 11.8 Å². The Morgan fingerprint density at radius 3 is 1.50 bits per heavy atom. The molecule has 0 aliphatic carbocycles. The Morgan fingerprint density at radius 2 is 1.42 bits per heavy atom. The molecule has 0 amide bonds. The number of hydrogen-bond donors (Lipinski definition) is 1. The highest BCUT2D eigenvalue weighted by Crippen LogP contribution is 2.11. The maximum atomic E-state index is 10.6. The van der Waals surface area contributed by atoms with Gasteiger partial charge in [-0.1, -0.05) is 28.7 Å². The van der Waals surface area contributed by atoms with Gasteiger partial charge in [0, 0.05) is 5.92 Å². The Morgan fingerprint density at radius 1 is 1.08 bits per heavy atom. The van der Waals surface area contributed by atoms with Crippen LogP contribution in [0.25, 0.3) is 0 Å². The van der Waals surface area contributed by atoms with Gasteiger partial charge in [0.25, 0.3) is 0 Å². The first-order valence-electron chi connectivity index (χ1n) is 3.20.